The predicted molar refractivity (Wildman–Crippen MR) is 30.1 cm³/mol. The number of hydrogen-bond donors (Lipinski definition) is 1. The van der Waals surface area contributed by atoms with Gasteiger partial charge in [0.2, 0.25) is 0 Å². The number of para-hydroxylation sites is 1. The van der Waals surface area contributed by atoms with E-state index in [0.717, 1.165) is 5.69 Å². The van der Waals surface area contributed by atoms with Crippen LogP contribution in [0.3, 0.4) is 0 Å². The molecular weight excluding hydrogens is 281 g/mol. The molecule has 0 amide bonds. The monoisotopic (exact) mass is 287 g/mol. The van der Waals surface area contributed by atoms with Gasteiger partial charge < -0.3 is 0 Å². The zero-order valence-corrected chi connectivity index (χ0v) is 6.48. The molecule has 0 unspecified atom stereocenters. The van der Waals surface area contributed by atoms with E-state index in [-0.39, 0.29) is 0 Å². The molecule has 0 spiro atoms. The zero-order chi connectivity index (χ0) is 5.82. The van der Waals surface area contributed by atoms with Crippen LogP contribution in [0, 0.1) is 0 Å². The summed E-state index contributed by atoms with van der Waals surface area (Å²) in [7, 11) is 0. The Morgan fingerprint density at radius 1 is 1.12 bits per heavy atom. The zero-order valence-electron chi connectivity index (χ0n) is 4.20. The topological polar surface area (TPSA) is 12.0 Å². The van der Waals surface area contributed by atoms with Crippen molar-refractivity contribution in [3.8, 4) is 0 Å². The van der Waals surface area contributed by atoms with E-state index in [9.17, 15) is 0 Å². The molecule has 0 atom stereocenters. The van der Waals surface area contributed by atoms with Crippen molar-refractivity contribution in [3.05, 3.63) is 30.3 Å². The number of anilines is 1. The Kier molecular flexibility index (Phi) is 2.10. The first-order chi connectivity index (χ1) is 3.93. The Bertz CT molecular complexity index is 150. The molecule has 0 aromatic heterocycles. The van der Waals surface area contributed by atoms with Gasteiger partial charge in [0.15, 0.2) is 0 Å². The Balaban J connectivity index is 2.83. The van der Waals surface area contributed by atoms with Crippen molar-refractivity contribution >= 4 is 5.69 Å². The van der Waals surface area contributed by atoms with Gasteiger partial charge in [-0.05, 0) is 0 Å². The third-order valence-corrected chi connectivity index (χ3v) is 1.52. The molecular formula is C6H6NPt. The van der Waals surface area contributed by atoms with Crippen molar-refractivity contribution in [1.29, 1.82) is 0 Å². The third-order valence-electron chi connectivity index (χ3n) is 0.865. The molecule has 0 fully saturated rings. The Hall–Kier alpha value is -0.292. The molecule has 0 heterocycles. The summed E-state index contributed by atoms with van der Waals surface area (Å²) in [6, 6.07) is 10.0. The van der Waals surface area contributed by atoms with Crippen molar-refractivity contribution in [2.75, 3.05) is 3.88 Å². The number of rotatable bonds is 1. The van der Waals surface area contributed by atoms with Gasteiger partial charge in [-0.1, -0.05) is 0 Å². The second kappa shape index (κ2) is 2.88. The summed E-state index contributed by atoms with van der Waals surface area (Å²) < 4.78 is 3.00. The van der Waals surface area contributed by atoms with Crippen molar-refractivity contribution in [3.63, 3.8) is 0 Å². The molecule has 0 saturated carbocycles. The molecule has 1 N–H and O–H groups in total. The summed E-state index contributed by atoms with van der Waals surface area (Å²) >= 11 is 2.09. The average Bonchev–Trinajstić information content (AvgIpc) is 1.90. The van der Waals surface area contributed by atoms with Gasteiger partial charge in [-0.25, -0.2) is 0 Å². The van der Waals surface area contributed by atoms with Crippen LogP contribution in [-0.4, -0.2) is 0 Å². The fourth-order valence-electron chi connectivity index (χ4n) is 0.491. The van der Waals surface area contributed by atoms with E-state index in [1.807, 2.05) is 30.3 Å². The summed E-state index contributed by atoms with van der Waals surface area (Å²) in [5.41, 5.74) is 1.15. The molecule has 0 bridgehead atoms. The van der Waals surface area contributed by atoms with Crippen LogP contribution in [0.5, 0.6) is 0 Å². The van der Waals surface area contributed by atoms with Gasteiger partial charge in [0, 0.05) is 0 Å². The summed E-state index contributed by atoms with van der Waals surface area (Å²) in [5.74, 6) is 0. The van der Waals surface area contributed by atoms with Crippen molar-refractivity contribution in [1.82, 2.24) is 0 Å². The summed E-state index contributed by atoms with van der Waals surface area (Å²) in [6.07, 6.45) is 0. The van der Waals surface area contributed by atoms with Gasteiger partial charge in [-0.15, -0.1) is 0 Å². The molecule has 0 radical (unpaired) electrons. The molecule has 1 nitrogen and oxygen atoms in total. The minimum absolute atomic E-state index is 1.15. The summed E-state index contributed by atoms with van der Waals surface area (Å²) in [6.45, 7) is 0. The second-order valence-corrected chi connectivity index (χ2v) is 2.01. The van der Waals surface area contributed by atoms with Crippen molar-refractivity contribution in [2.24, 2.45) is 0 Å². The molecule has 0 aliphatic rings. The van der Waals surface area contributed by atoms with E-state index in [2.05, 4.69) is 23.9 Å². The van der Waals surface area contributed by atoms with Crippen molar-refractivity contribution in [2.45, 2.75) is 0 Å². The maximum atomic E-state index is 3.00. The van der Waals surface area contributed by atoms with E-state index in [0.29, 0.717) is 0 Å². The van der Waals surface area contributed by atoms with Gasteiger partial charge >= 0.3 is 60.0 Å². The first-order valence-electron chi connectivity index (χ1n) is 2.32. The normalized spacial score (nSPS) is 8.75. The third kappa shape index (κ3) is 1.34. The molecule has 1 aromatic carbocycles. The SMILES string of the molecule is [Pt][NH]c1ccccc1. The number of nitrogens with one attached hydrogen (secondary N) is 1. The predicted octanol–water partition coefficient (Wildman–Crippen LogP) is 1.56. The van der Waals surface area contributed by atoms with Gasteiger partial charge in [-0.3, -0.25) is 0 Å². The van der Waals surface area contributed by atoms with E-state index in [4.69, 9.17) is 0 Å². The van der Waals surface area contributed by atoms with Crippen LogP contribution < -0.4 is 3.88 Å². The molecule has 1 rings (SSSR count). The van der Waals surface area contributed by atoms with Gasteiger partial charge in [0.1, 0.15) is 0 Å². The maximum absolute atomic E-state index is 3.00. The first-order valence-corrected chi connectivity index (χ1v) is 3.45. The summed E-state index contributed by atoms with van der Waals surface area (Å²) in [5, 5.41) is 0. The van der Waals surface area contributed by atoms with Gasteiger partial charge in [-0.2, -0.15) is 0 Å². The van der Waals surface area contributed by atoms with Crippen LogP contribution in [0.1, 0.15) is 0 Å². The number of hydrogen-bond acceptors (Lipinski definition) is 1. The molecule has 1 aromatic rings. The molecule has 45 valence electrons. The van der Waals surface area contributed by atoms with E-state index in [1.165, 1.54) is 0 Å². The van der Waals surface area contributed by atoms with E-state index >= 15 is 0 Å². The number of benzene rings is 1. The Morgan fingerprint density at radius 3 is 2.12 bits per heavy atom. The first kappa shape index (κ1) is 5.84. The Morgan fingerprint density at radius 2 is 1.75 bits per heavy atom. The quantitative estimate of drug-likeness (QED) is 0.826. The standard InChI is InChI=1S/C6H6N.Pt/c7-6-4-2-1-3-5-6;/h1-5,7H;/q-1;+1. The van der Waals surface area contributed by atoms with Gasteiger partial charge in [0.05, 0.1) is 0 Å². The van der Waals surface area contributed by atoms with Crippen LogP contribution in [0.4, 0.5) is 5.69 Å². The molecule has 2 heteroatoms. The van der Waals surface area contributed by atoms with Gasteiger partial charge in [0.25, 0.3) is 0 Å². The fourth-order valence-corrected chi connectivity index (χ4v) is 0.870. The molecule has 0 aliphatic carbocycles. The van der Waals surface area contributed by atoms with Crippen LogP contribution in [-0.2, 0) is 20.1 Å². The van der Waals surface area contributed by atoms with E-state index < -0.39 is 0 Å². The van der Waals surface area contributed by atoms with Crippen molar-refractivity contribution < 1.29 is 20.1 Å². The molecule has 0 aliphatic heterocycles. The molecule has 8 heavy (non-hydrogen) atoms. The fraction of sp³-hybridized carbons (Fsp3) is 0. The minimum atomic E-state index is 1.15. The van der Waals surface area contributed by atoms with Crippen LogP contribution in [0.2, 0.25) is 0 Å². The van der Waals surface area contributed by atoms with Crippen LogP contribution in [0.15, 0.2) is 30.3 Å². The summed E-state index contributed by atoms with van der Waals surface area (Å²) in [4.78, 5) is 0. The van der Waals surface area contributed by atoms with Crippen LogP contribution >= 0.6 is 0 Å². The molecule has 0 saturated heterocycles. The van der Waals surface area contributed by atoms with E-state index in [1.54, 1.807) is 0 Å². The Labute approximate surface area is 60.3 Å². The average molecular weight is 287 g/mol. The second-order valence-electron chi connectivity index (χ2n) is 1.45. The van der Waals surface area contributed by atoms with Crippen LogP contribution in [0.25, 0.3) is 0 Å².